The van der Waals surface area contributed by atoms with Crippen molar-refractivity contribution < 1.29 is 24.5 Å². The predicted octanol–water partition coefficient (Wildman–Crippen LogP) is 7.43. The number of rotatable bonds is 11. The number of hydrogen-bond acceptors (Lipinski definition) is 6. The maximum atomic E-state index is 12.0. The molecule has 1 heterocycles. The number of carbonyl (C=O) groups is 1. The lowest BCUT2D eigenvalue weighted by molar-refractivity contribution is -0.253. The maximum absolute atomic E-state index is 12.0. The van der Waals surface area contributed by atoms with Crippen molar-refractivity contribution in [2.75, 3.05) is 13.6 Å². The van der Waals surface area contributed by atoms with Gasteiger partial charge in [0.05, 0.1) is 24.9 Å². The number of ether oxygens (including phenoxy) is 2. The number of carbonyl (C=O) groups excluding carboxylic acids is 1. The number of halogens is 3. The average molecular weight is 698 g/mol. The summed E-state index contributed by atoms with van der Waals surface area (Å²) in [6.07, 6.45) is -1.03. The number of aliphatic hydroxyl groups excluding tert-OH is 2. The van der Waals surface area contributed by atoms with Crippen molar-refractivity contribution in [2.24, 2.45) is 0 Å². The zero-order valence-corrected chi connectivity index (χ0v) is 28.5. The molecule has 0 aromatic heterocycles. The molecule has 10 heteroatoms. The van der Waals surface area contributed by atoms with Gasteiger partial charge >= 0.3 is 0 Å². The van der Waals surface area contributed by atoms with Gasteiger partial charge in [0.2, 0.25) is 0 Å². The minimum absolute atomic E-state index is 0.0224. The summed E-state index contributed by atoms with van der Waals surface area (Å²) in [7, 11) is 2.00. The predicted molar refractivity (Wildman–Crippen MR) is 186 cm³/mol. The second-order valence-corrected chi connectivity index (χ2v) is 14.2. The van der Waals surface area contributed by atoms with E-state index in [1.165, 1.54) is 0 Å². The largest absolute Gasteiger partial charge is 0.392 e. The van der Waals surface area contributed by atoms with E-state index in [9.17, 15) is 15.0 Å². The summed E-state index contributed by atoms with van der Waals surface area (Å²) >= 11 is 17.0. The summed E-state index contributed by atoms with van der Waals surface area (Å²) in [4.78, 5) is 14.1. The molecule has 1 aliphatic heterocycles. The third-order valence-corrected chi connectivity index (χ3v) is 9.07. The van der Waals surface area contributed by atoms with Crippen LogP contribution in [0.3, 0.4) is 0 Å². The molecule has 5 rings (SSSR count). The summed E-state index contributed by atoms with van der Waals surface area (Å²) in [6, 6.07) is 33.1. The van der Waals surface area contributed by atoms with Gasteiger partial charge < -0.3 is 25.0 Å². The highest BCUT2D eigenvalue weighted by Gasteiger charge is 2.34. The van der Waals surface area contributed by atoms with Crippen LogP contribution in [0.4, 0.5) is 0 Å². The number of amides is 1. The average Bonchev–Trinajstić information content (AvgIpc) is 3.10. The second kappa shape index (κ2) is 15.9. The molecule has 0 bridgehead atoms. The second-order valence-electron chi connectivity index (χ2n) is 11.9. The van der Waals surface area contributed by atoms with Crippen LogP contribution in [-0.4, -0.2) is 50.6 Å². The van der Waals surface area contributed by atoms with Crippen LogP contribution >= 0.6 is 34.8 Å². The fourth-order valence-electron chi connectivity index (χ4n) is 5.67. The van der Waals surface area contributed by atoms with Crippen LogP contribution in [0.15, 0.2) is 103 Å². The van der Waals surface area contributed by atoms with E-state index in [0.29, 0.717) is 13.0 Å². The number of benzene rings is 4. The third kappa shape index (κ3) is 9.34. The highest BCUT2D eigenvalue weighted by Crippen LogP contribution is 2.39. The first kappa shape index (κ1) is 35.3. The monoisotopic (exact) mass is 696 g/mol. The van der Waals surface area contributed by atoms with Crippen molar-refractivity contribution >= 4 is 40.7 Å². The third-order valence-electron chi connectivity index (χ3n) is 8.55. The minimum Gasteiger partial charge on any atom is -0.392 e. The summed E-state index contributed by atoms with van der Waals surface area (Å²) in [5.41, 5.74) is 6.41. The van der Waals surface area contributed by atoms with Gasteiger partial charge in [-0.1, -0.05) is 132 Å². The van der Waals surface area contributed by atoms with Crippen molar-refractivity contribution in [2.45, 2.75) is 60.9 Å². The van der Waals surface area contributed by atoms with Gasteiger partial charge in [-0.2, -0.15) is 0 Å². The number of nitrogens with zero attached hydrogens (tertiary/aromatic N) is 1. The van der Waals surface area contributed by atoms with E-state index >= 15 is 0 Å². The number of hydrogen-bond donors (Lipinski definition) is 3. The van der Waals surface area contributed by atoms with Crippen molar-refractivity contribution in [1.82, 2.24) is 10.2 Å². The molecule has 248 valence electrons. The van der Waals surface area contributed by atoms with Gasteiger partial charge in [0.1, 0.15) is 0 Å². The van der Waals surface area contributed by atoms with Crippen molar-refractivity contribution in [3.63, 3.8) is 0 Å². The van der Waals surface area contributed by atoms with E-state index in [2.05, 4.69) is 10.2 Å². The van der Waals surface area contributed by atoms with Crippen LogP contribution in [0.2, 0.25) is 0 Å². The lowest BCUT2D eigenvalue weighted by Gasteiger charge is -2.39. The number of nitrogens with one attached hydrogen (secondary N) is 1. The van der Waals surface area contributed by atoms with Crippen molar-refractivity contribution in [1.29, 1.82) is 0 Å². The molecule has 4 aromatic rings. The Morgan fingerprint density at radius 3 is 2.23 bits per heavy atom. The zero-order valence-electron chi connectivity index (χ0n) is 26.2. The molecule has 0 spiro atoms. The summed E-state index contributed by atoms with van der Waals surface area (Å²) in [5, 5.41) is 23.2. The molecule has 47 heavy (non-hydrogen) atoms. The molecule has 7 nitrogen and oxygen atoms in total. The van der Waals surface area contributed by atoms with Gasteiger partial charge in [-0.15, -0.1) is 0 Å². The van der Waals surface area contributed by atoms with Crippen LogP contribution in [0.25, 0.3) is 11.1 Å². The van der Waals surface area contributed by atoms with E-state index in [4.69, 9.17) is 44.3 Å². The van der Waals surface area contributed by atoms with Gasteiger partial charge in [0.25, 0.3) is 9.70 Å². The Bertz CT molecular complexity index is 1600. The van der Waals surface area contributed by atoms with E-state index in [1.807, 2.05) is 117 Å². The first-order valence-corrected chi connectivity index (χ1v) is 16.6. The number of likely N-dealkylation sites (N-methyl/N-ethyl adjacent to an activating group) is 1. The van der Waals surface area contributed by atoms with Crippen LogP contribution in [0.5, 0.6) is 0 Å². The molecule has 0 aliphatic carbocycles. The maximum Gasteiger partial charge on any atom is 0.272 e. The number of aliphatic hydroxyl groups is 2. The van der Waals surface area contributed by atoms with Crippen LogP contribution < -0.4 is 5.32 Å². The van der Waals surface area contributed by atoms with Crippen LogP contribution in [0, 0.1) is 0 Å². The normalized spacial score (nSPS) is 19.7. The highest BCUT2D eigenvalue weighted by atomic mass is 35.6. The molecule has 0 unspecified atom stereocenters. The van der Waals surface area contributed by atoms with E-state index in [-0.39, 0.29) is 31.4 Å². The van der Waals surface area contributed by atoms with Gasteiger partial charge in [-0.25, -0.2) is 0 Å². The molecule has 1 aliphatic rings. The Hall–Kier alpha value is -2.98. The minimum atomic E-state index is -2.02. The lowest BCUT2D eigenvalue weighted by atomic mass is 9.98. The Morgan fingerprint density at radius 2 is 1.57 bits per heavy atom. The van der Waals surface area contributed by atoms with Crippen LogP contribution in [-0.2, 0) is 27.4 Å². The molecule has 3 N–H and O–H groups in total. The van der Waals surface area contributed by atoms with E-state index in [1.54, 1.807) is 0 Å². The van der Waals surface area contributed by atoms with E-state index < -0.39 is 22.1 Å². The van der Waals surface area contributed by atoms with Gasteiger partial charge in [0.15, 0.2) is 6.29 Å². The van der Waals surface area contributed by atoms with Crippen LogP contribution in [0.1, 0.15) is 59.7 Å². The Kier molecular flexibility index (Phi) is 12.0. The van der Waals surface area contributed by atoms with Gasteiger partial charge in [-0.3, -0.25) is 9.69 Å². The molecule has 0 saturated carbocycles. The smallest absolute Gasteiger partial charge is 0.272 e. The fraction of sp³-hybridized carbons (Fsp3) is 0.324. The highest BCUT2D eigenvalue weighted by molar-refractivity contribution is 6.76. The molecular weight excluding hydrogens is 659 g/mol. The summed E-state index contributed by atoms with van der Waals surface area (Å²) in [5.74, 6) is -0.682. The van der Waals surface area contributed by atoms with E-state index in [0.717, 1.165) is 38.9 Å². The lowest BCUT2D eigenvalue weighted by Crippen LogP contribution is -2.43. The fourth-order valence-corrected chi connectivity index (χ4v) is 5.87. The summed E-state index contributed by atoms with van der Waals surface area (Å²) in [6.45, 7) is 2.81. The summed E-state index contributed by atoms with van der Waals surface area (Å²) < 4.78 is 11.1. The zero-order chi connectivity index (χ0) is 33.6. The molecule has 1 saturated heterocycles. The van der Waals surface area contributed by atoms with Gasteiger partial charge in [-0.05, 0) is 53.4 Å². The topological polar surface area (TPSA) is 91.3 Å². The Labute approximate surface area is 291 Å². The first-order valence-electron chi connectivity index (χ1n) is 15.5. The molecule has 1 fully saturated rings. The SMILES string of the molecule is C[C@@H]([C@H](O)c1ccccc1)N(C)C[C@H]1C[C@@H](c2ccc(CO)cc2)O[C@@H](c2ccc(-c3cccc(CNC(=O)C(Cl)(Cl)Cl)c3)cc2)O1. The van der Waals surface area contributed by atoms with Gasteiger partial charge in [0, 0.05) is 31.1 Å². The molecule has 0 radical (unpaired) electrons. The number of alkyl halides is 3. The standard InChI is InChI=1S/C37H39Cl3N2O5/c1-24(34(44)29-8-4-3-5-9-29)42(2)22-32-20-33(28-13-11-25(23-43)12-14-28)47-35(46-32)30-17-15-27(16-18-30)31-10-6-7-26(19-31)21-41-36(45)37(38,39)40/h3-19,24,32-35,43-44H,20-23H2,1-2H3,(H,41,45)/t24-,32+,33-,34-,35-/m0/s1. The van der Waals surface area contributed by atoms with Crippen molar-refractivity contribution in [3.05, 3.63) is 131 Å². The van der Waals surface area contributed by atoms with Crippen molar-refractivity contribution in [3.8, 4) is 11.1 Å². The molecular formula is C37H39Cl3N2O5. The Morgan fingerprint density at radius 1 is 0.894 bits per heavy atom. The molecule has 4 aromatic carbocycles. The molecule has 5 atom stereocenters. The Balaban J connectivity index is 1.32. The quantitative estimate of drug-likeness (QED) is 0.141. The first-order chi connectivity index (χ1) is 22.5. The molecule has 1 amide bonds.